The molecule has 0 atom stereocenters. The van der Waals surface area contributed by atoms with Crippen LogP contribution in [0.3, 0.4) is 0 Å². The Kier molecular flexibility index (Phi) is 2.03. The average Bonchev–Trinajstić information content (AvgIpc) is 2.67. The van der Waals surface area contributed by atoms with Crippen molar-refractivity contribution < 1.29 is 9.53 Å². The first kappa shape index (κ1) is 10.6. The maximum atomic E-state index is 11.8. The van der Waals surface area contributed by atoms with Crippen molar-refractivity contribution in [3.63, 3.8) is 0 Å². The van der Waals surface area contributed by atoms with Crippen molar-refractivity contribution in [2.45, 2.75) is 39.2 Å². The summed E-state index contributed by atoms with van der Waals surface area (Å²) in [5.74, 6) is 1.16. The van der Waals surface area contributed by atoms with Crippen LogP contribution in [0.15, 0.2) is 12.1 Å². The molecule has 90 valence electrons. The number of hydrogen-bond donors (Lipinski definition) is 0. The van der Waals surface area contributed by atoms with E-state index in [2.05, 4.69) is 19.9 Å². The minimum Gasteiger partial charge on any atom is -0.487 e. The van der Waals surface area contributed by atoms with Gasteiger partial charge in [0.2, 0.25) is 5.91 Å². The summed E-state index contributed by atoms with van der Waals surface area (Å²) in [6.07, 6.45) is 1.43. The number of fused-ring (bicyclic) bond motifs is 2. The van der Waals surface area contributed by atoms with Crippen LogP contribution in [0.1, 0.15) is 31.9 Å². The number of benzene rings is 1. The first-order valence-corrected chi connectivity index (χ1v) is 6.15. The maximum Gasteiger partial charge on any atom is 0.231 e. The zero-order chi connectivity index (χ0) is 12.2. The summed E-state index contributed by atoms with van der Waals surface area (Å²) in [6, 6.07) is 4.18. The van der Waals surface area contributed by atoms with Crippen LogP contribution in [0, 0.1) is 0 Å². The number of carbonyl (C=O) groups excluding carboxylic acids is 1. The molecule has 0 radical (unpaired) electrons. The van der Waals surface area contributed by atoms with E-state index in [4.69, 9.17) is 4.74 Å². The normalized spacial score (nSPS) is 20.2. The SMILES string of the molecule is CCN1C(=O)Cc2cc3c(cc21)CC(C)(C)O3. The number of amides is 1. The van der Waals surface area contributed by atoms with Crippen molar-refractivity contribution in [3.05, 3.63) is 23.3 Å². The largest absolute Gasteiger partial charge is 0.487 e. The second kappa shape index (κ2) is 3.25. The molecule has 0 saturated heterocycles. The van der Waals surface area contributed by atoms with Crippen molar-refractivity contribution in [3.8, 4) is 5.75 Å². The molecule has 0 spiro atoms. The molecular weight excluding hydrogens is 214 g/mol. The predicted octanol–water partition coefficient (Wildman–Crippen LogP) is 2.31. The van der Waals surface area contributed by atoms with E-state index in [1.165, 1.54) is 5.56 Å². The van der Waals surface area contributed by atoms with E-state index >= 15 is 0 Å². The fraction of sp³-hybridized carbons (Fsp3) is 0.500. The van der Waals surface area contributed by atoms with E-state index < -0.39 is 0 Å². The standard InChI is InChI=1S/C14H17NO2/c1-4-15-11-5-10-8-14(2,3)17-12(10)6-9(11)7-13(15)16/h5-6H,4,7-8H2,1-3H3. The highest BCUT2D eigenvalue weighted by molar-refractivity contribution is 6.01. The quantitative estimate of drug-likeness (QED) is 0.742. The molecule has 0 N–H and O–H groups in total. The fourth-order valence-corrected chi connectivity index (χ4v) is 2.81. The summed E-state index contributed by atoms with van der Waals surface area (Å²) in [7, 11) is 0. The minimum atomic E-state index is -0.113. The lowest BCUT2D eigenvalue weighted by atomic mass is 10.00. The van der Waals surface area contributed by atoms with Crippen LogP contribution in [0.5, 0.6) is 5.75 Å². The van der Waals surface area contributed by atoms with Gasteiger partial charge in [-0.3, -0.25) is 4.79 Å². The molecule has 3 heteroatoms. The Morgan fingerprint density at radius 3 is 2.82 bits per heavy atom. The van der Waals surface area contributed by atoms with Gasteiger partial charge in [0.05, 0.1) is 6.42 Å². The predicted molar refractivity (Wildman–Crippen MR) is 66.6 cm³/mol. The highest BCUT2D eigenvalue weighted by Crippen LogP contribution is 2.41. The molecule has 2 aliphatic rings. The average molecular weight is 231 g/mol. The zero-order valence-electron chi connectivity index (χ0n) is 10.5. The molecule has 1 aromatic rings. The molecular formula is C14H17NO2. The highest BCUT2D eigenvalue weighted by atomic mass is 16.5. The second-order valence-electron chi connectivity index (χ2n) is 5.44. The smallest absolute Gasteiger partial charge is 0.231 e. The first-order valence-electron chi connectivity index (χ1n) is 6.15. The van der Waals surface area contributed by atoms with Crippen molar-refractivity contribution in [2.24, 2.45) is 0 Å². The van der Waals surface area contributed by atoms with E-state index in [1.54, 1.807) is 0 Å². The Morgan fingerprint density at radius 2 is 2.12 bits per heavy atom. The Labute approximate surface area is 101 Å². The minimum absolute atomic E-state index is 0.113. The Balaban J connectivity index is 2.07. The van der Waals surface area contributed by atoms with Crippen molar-refractivity contribution in [1.82, 2.24) is 0 Å². The molecule has 1 amide bonds. The highest BCUT2D eigenvalue weighted by Gasteiger charge is 2.34. The third-order valence-electron chi connectivity index (χ3n) is 3.51. The topological polar surface area (TPSA) is 29.5 Å². The first-order chi connectivity index (χ1) is 8.00. The third kappa shape index (κ3) is 1.53. The molecule has 2 heterocycles. The van der Waals surface area contributed by atoms with Crippen LogP contribution in [0.4, 0.5) is 5.69 Å². The monoisotopic (exact) mass is 231 g/mol. The Bertz CT molecular complexity index is 505. The molecule has 0 fully saturated rings. The Hall–Kier alpha value is -1.51. The molecule has 3 nitrogen and oxygen atoms in total. The van der Waals surface area contributed by atoms with Crippen molar-refractivity contribution in [1.29, 1.82) is 0 Å². The van der Waals surface area contributed by atoms with Gasteiger partial charge >= 0.3 is 0 Å². The summed E-state index contributed by atoms with van der Waals surface area (Å²) in [5, 5.41) is 0. The molecule has 0 saturated carbocycles. The van der Waals surface area contributed by atoms with E-state index in [0.717, 1.165) is 30.0 Å². The van der Waals surface area contributed by atoms with Crippen LogP contribution in [-0.2, 0) is 17.6 Å². The van der Waals surface area contributed by atoms with Gasteiger partial charge in [-0.25, -0.2) is 0 Å². The zero-order valence-corrected chi connectivity index (χ0v) is 10.5. The second-order valence-corrected chi connectivity index (χ2v) is 5.44. The van der Waals surface area contributed by atoms with Crippen molar-refractivity contribution in [2.75, 3.05) is 11.4 Å². The van der Waals surface area contributed by atoms with Crippen LogP contribution < -0.4 is 9.64 Å². The van der Waals surface area contributed by atoms with Crippen LogP contribution in [0.25, 0.3) is 0 Å². The van der Waals surface area contributed by atoms with E-state index in [0.29, 0.717) is 6.42 Å². The lowest BCUT2D eigenvalue weighted by Gasteiger charge is -2.16. The summed E-state index contributed by atoms with van der Waals surface area (Å²) in [5.41, 5.74) is 3.30. The summed E-state index contributed by atoms with van der Waals surface area (Å²) < 4.78 is 5.89. The molecule has 3 rings (SSSR count). The van der Waals surface area contributed by atoms with Gasteiger partial charge in [-0.05, 0) is 38.5 Å². The van der Waals surface area contributed by atoms with Crippen LogP contribution in [-0.4, -0.2) is 18.1 Å². The molecule has 17 heavy (non-hydrogen) atoms. The van der Waals surface area contributed by atoms with Gasteiger partial charge in [0.25, 0.3) is 0 Å². The maximum absolute atomic E-state index is 11.8. The number of hydrogen-bond acceptors (Lipinski definition) is 2. The molecule has 0 aliphatic carbocycles. The summed E-state index contributed by atoms with van der Waals surface area (Å²) in [6.45, 7) is 6.96. The fourth-order valence-electron chi connectivity index (χ4n) is 2.81. The number of nitrogens with zero attached hydrogens (tertiary/aromatic N) is 1. The lowest BCUT2D eigenvalue weighted by molar-refractivity contribution is -0.117. The molecule has 1 aromatic carbocycles. The van der Waals surface area contributed by atoms with Gasteiger partial charge in [0, 0.05) is 24.2 Å². The van der Waals surface area contributed by atoms with Gasteiger partial charge < -0.3 is 9.64 Å². The van der Waals surface area contributed by atoms with Crippen LogP contribution in [0.2, 0.25) is 0 Å². The van der Waals surface area contributed by atoms with E-state index in [9.17, 15) is 4.79 Å². The number of carbonyl (C=O) groups is 1. The number of rotatable bonds is 1. The summed E-state index contributed by atoms with van der Waals surface area (Å²) in [4.78, 5) is 13.7. The molecule has 0 unspecified atom stereocenters. The number of ether oxygens (including phenoxy) is 1. The van der Waals surface area contributed by atoms with Gasteiger partial charge in [-0.15, -0.1) is 0 Å². The molecule has 0 bridgehead atoms. The van der Waals surface area contributed by atoms with Gasteiger partial charge in [0.15, 0.2) is 0 Å². The van der Waals surface area contributed by atoms with E-state index in [1.807, 2.05) is 17.9 Å². The Morgan fingerprint density at radius 1 is 1.35 bits per heavy atom. The van der Waals surface area contributed by atoms with Gasteiger partial charge in [0.1, 0.15) is 11.4 Å². The molecule has 2 aliphatic heterocycles. The third-order valence-corrected chi connectivity index (χ3v) is 3.51. The van der Waals surface area contributed by atoms with E-state index in [-0.39, 0.29) is 11.5 Å². The molecule has 0 aromatic heterocycles. The van der Waals surface area contributed by atoms with Crippen molar-refractivity contribution >= 4 is 11.6 Å². The summed E-state index contributed by atoms with van der Waals surface area (Å²) >= 11 is 0. The lowest BCUT2D eigenvalue weighted by Crippen LogP contribution is -2.26. The van der Waals surface area contributed by atoms with Gasteiger partial charge in [-0.2, -0.15) is 0 Å². The van der Waals surface area contributed by atoms with Gasteiger partial charge in [-0.1, -0.05) is 0 Å². The van der Waals surface area contributed by atoms with Crippen LogP contribution >= 0.6 is 0 Å². The number of likely N-dealkylation sites (N-methyl/N-ethyl adjacent to an activating group) is 1. The number of anilines is 1.